The molecular formula is C10H6BrFOS. The van der Waals surface area contributed by atoms with Crippen LogP contribution in [0.2, 0.25) is 0 Å². The van der Waals surface area contributed by atoms with Crippen molar-refractivity contribution >= 4 is 27.3 Å². The van der Waals surface area contributed by atoms with Gasteiger partial charge in [0.15, 0.2) is 0 Å². The number of benzene rings is 1. The van der Waals surface area contributed by atoms with Crippen LogP contribution < -0.4 is 0 Å². The van der Waals surface area contributed by atoms with Crippen LogP contribution in [-0.2, 0) is 0 Å². The van der Waals surface area contributed by atoms with Crippen LogP contribution in [0.5, 0.6) is 5.75 Å². The monoisotopic (exact) mass is 272 g/mol. The van der Waals surface area contributed by atoms with E-state index in [0.717, 1.165) is 16.1 Å². The Hall–Kier alpha value is -0.870. The van der Waals surface area contributed by atoms with Gasteiger partial charge in [-0.25, -0.2) is 4.39 Å². The lowest BCUT2D eigenvalue weighted by atomic mass is 10.1. The highest BCUT2D eigenvalue weighted by atomic mass is 79.9. The van der Waals surface area contributed by atoms with Crippen LogP contribution in [0, 0.1) is 5.82 Å². The van der Waals surface area contributed by atoms with E-state index >= 15 is 0 Å². The summed E-state index contributed by atoms with van der Waals surface area (Å²) in [6.07, 6.45) is 0. The van der Waals surface area contributed by atoms with E-state index in [2.05, 4.69) is 15.9 Å². The number of phenols is 1. The molecule has 0 fully saturated rings. The lowest BCUT2D eigenvalue weighted by molar-refractivity contribution is 0.469. The third-order valence-corrected chi connectivity index (χ3v) is 3.56. The molecule has 0 saturated heterocycles. The molecule has 0 amide bonds. The van der Waals surface area contributed by atoms with Gasteiger partial charge in [-0.15, -0.1) is 0 Å². The second kappa shape index (κ2) is 3.71. The van der Waals surface area contributed by atoms with Crippen LogP contribution in [0.15, 0.2) is 33.4 Å². The predicted molar refractivity (Wildman–Crippen MR) is 59.1 cm³/mol. The maximum absolute atomic E-state index is 13.4. The summed E-state index contributed by atoms with van der Waals surface area (Å²) < 4.78 is 14.3. The smallest absolute Gasteiger partial charge is 0.134 e. The molecule has 1 aromatic heterocycles. The van der Waals surface area contributed by atoms with Gasteiger partial charge in [0, 0.05) is 27.0 Å². The van der Waals surface area contributed by atoms with Gasteiger partial charge < -0.3 is 5.11 Å². The summed E-state index contributed by atoms with van der Waals surface area (Å²) in [6.45, 7) is 0. The van der Waals surface area contributed by atoms with Gasteiger partial charge in [0.1, 0.15) is 11.6 Å². The summed E-state index contributed by atoms with van der Waals surface area (Å²) in [5, 5.41) is 12.8. The van der Waals surface area contributed by atoms with E-state index in [9.17, 15) is 4.39 Å². The molecule has 4 heteroatoms. The molecule has 0 spiro atoms. The quantitative estimate of drug-likeness (QED) is 0.831. The zero-order chi connectivity index (χ0) is 10.1. The molecule has 1 nitrogen and oxygen atoms in total. The van der Waals surface area contributed by atoms with Crippen molar-refractivity contribution in [3.05, 3.63) is 39.2 Å². The molecule has 0 aliphatic carbocycles. The van der Waals surface area contributed by atoms with Crippen LogP contribution in [0.3, 0.4) is 0 Å². The molecule has 0 saturated carbocycles. The van der Waals surface area contributed by atoms with Gasteiger partial charge in [0.05, 0.1) is 0 Å². The lowest BCUT2D eigenvalue weighted by Crippen LogP contribution is -1.82. The van der Waals surface area contributed by atoms with E-state index in [-0.39, 0.29) is 5.75 Å². The molecule has 1 heterocycles. The third kappa shape index (κ3) is 1.67. The molecule has 0 aliphatic heterocycles. The van der Waals surface area contributed by atoms with Crippen LogP contribution in [0.25, 0.3) is 11.1 Å². The summed E-state index contributed by atoms with van der Waals surface area (Å²) >= 11 is 4.83. The molecule has 0 unspecified atom stereocenters. The summed E-state index contributed by atoms with van der Waals surface area (Å²) in [7, 11) is 0. The fourth-order valence-corrected chi connectivity index (χ4v) is 2.70. The highest BCUT2D eigenvalue weighted by Gasteiger charge is 2.09. The third-order valence-electron chi connectivity index (χ3n) is 1.86. The fraction of sp³-hybridized carbons (Fsp3) is 0. The van der Waals surface area contributed by atoms with E-state index in [1.807, 2.05) is 10.8 Å². The highest BCUT2D eigenvalue weighted by molar-refractivity contribution is 9.10. The van der Waals surface area contributed by atoms with E-state index < -0.39 is 5.82 Å². The summed E-state index contributed by atoms with van der Waals surface area (Å²) in [5.74, 6) is -0.471. The molecule has 14 heavy (non-hydrogen) atoms. The minimum atomic E-state index is -0.413. The highest BCUT2D eigenvalue weighted by Crippen LogP contribution is 2.34. The van der Waals surface area contributed by atoms with Crippen molar-refractivity contribution in [2.24, 2.45) is 0 Å². The van der Waals surface area contributed by atoms with Crippen molar-refractivity contribution in [1.82, 2.24) is 0 Å². The average Bonchev–Trinajstić information content (AvgIpc) is 2.52. The first-order chi connectivity index (χ1) is 6.68. The van der Waals surface area contributed by atoms with Crippen LogP contribution in [0.1, 0.15) is 0 Å². The average molecular weight is 273 g/mol. The lowest BCUT2D eigenvalue weighted by Gasteiger charge is -2.01. The van der Waals surface area contributed by atoms with Gasteiger partial charge in [-0.2, -0.15) is 11.3 Å². The van der Waals surface area contributed by atoms with Crippen molar-refractivity contribution in [3.63, 3.8) is 0 Å². The predicted octanol–water partition coefficient (Wildman–Crippen LogP) is 4.02. The van der Waals surface area contributed by atoms with Gasteiger partial charge in [0.25, 0.3) is 0 Å². The van der Waals surface area contributed by atoms with E-state index in [4.69, 9.17) is 5.11 Å². The Labute approximate surface area is 93.0 Å². The number of rotatable bonds is 1. The molecule has 0 radical (unpaired) electrons. The summed E-state index contributed by atoms with van der Waals surface area (Å²) in [4.78, 5) is 0. The number of halogens is 2. The number of hydrogen-bond donors (Lipinski definition) is 1. The van der Waals surface area contributed by atoms with Gasteiger partial charge in [-0.1, -0.05) is 0 Å². The maximum atomic E-state index is 13.4. The van der Waals surface area contributed by atoms with Gasteiger partial charge >= 0.3 is 0 Å². The van der Waals surface area contributed by atoms with E-state index in [1.54, 1.807) is 6.07 Å². The number of phenolic OH excluding ortho intramolecular Hbond substituents is 1. The molecule has 2 aromatic rings. The number of thiophene rings is 1. The Morgan fingerprint density at radius 3 is 2.57 bits per heavy atom. The van der Waals surface area contributed by atoms with Crippen molar-refractivity contribution in [3.8, 4) is 16.9 Å². The van der Waals surface area contributed by atoms with Crippen molar-refractivity contribution in [2.75, 3.05) is 0 Å². The standard InChI is InChI=1S/C10H6BrFOS/c11-9-5-14-4-8(9)7-2-1-6(13)3-10(7)12/h1-5,13H. The summed E-state index contributed by atoms with van der Waals surface area (Å²) in [5.41, 5.74) is 1.31. The zero-order valence-electron chi connectivity index (χ0n) is 7.00. The molecule has 72 valence electrons. The number of hydrogen-bond acceptors (Lipinski definition) is 2. The Kier molecular flexibility index (Phi) is 2.56. The minimum Gasteiger partial charge on any atom is -0.508 e. The molecule has 1 N–H and O–H groups in total. The first-order valence-electron chi connectivity index (χ1n) is 3.89. The fourth-order valence-electron chi connectivity index (χ4n) is 1.20. The van der Waals surface area contributed by atoms with E-state index in [1.165, 1.54) is 17.4 Å². The van der Waals surface area contributed by atoms with E-state index in [0.29, 0.717) is 5.56 Å². The van der Waals surface area contributed by atoms with Crippen molar-refractivity contribution in [2.45, 2.75) is 0 Å². The molecule has 1 aromatic carbocycles. The second-order valence-corrected chi connectivity index (χ2v) is 4.40. The molecule has 0 bridgehead atoms. The van der Waals surface area contributed by atoms with Crippen LogP contribution in [0.4, 0.5) is 4.39 Å². The Morgan fingerprint density at radius 2 is 2.00 bits per heavy atom. The van der Waals surface area contributed by atoms with Gasteiger partial charge in [0.2, 0.25) is 0 Å². The second-order valence-electron chi connectivity index (χ2n) is 2.80. The van der Waals surface area contributed by atoms with Crippen molar-refractivity contribution < 1.29 is 9.50 Å². The topological polar surface area (TPSA) is 20.2 Å². The Morgan fingerprint density at radius 1 is 1.21 bits per heavy atom. The zero-order valence-corrected chi connectivity index (χ0v) is 9.40. The molecular weight excluding hydrogens is 267 g/mol. The summed E-state index contributed by atoms with van der Waals surface area (Å²) in [6, 6.07) is 4.15. The maximum Gasteiger partial charge on any atom is 0.134 e. The minimum absolute atomic E-state index is 0.0578. The van der Waals surface area contributed by atoms with Crippen molar-refractivity contribution in [1.29, 1.82) is 0 Å². The van der Waals surface area contributed by atoms with Gasteiger partial charge in [-0.3, -0.25) is 0 Å². The largest absolute Gasteiger partial charge is 0.508 e. The molecule has 2 rings (SSSR count). The SMILES string of the molecule is Oc1ccc(-c2cscc2Br)c(F)c1. The first kappa shape index (κ1) is 9.68. The first-order valence-corrected chi connectivity index (χ1v) is 5.62. The molecule has 0 aliphatic rings. The Balaban J connectivity index is 2.58. The Bertz CT molecular complexity index is 467. The molecule has 0 atom stereocenters. The van der Waals surface area contributed by atoms with Gasteiger partial charge in [-0.05, 0) is 33.4 Å². The van der Waals surface area contributed by atoms with Crippen LogP contribution >= 0.6 is 27.3 Å². The number of aromatic hydroxyl groups is 1. The normalized spacial score (nSPS) is 10.4. The van der Waals surface area contributed by atoms with Crippen LogP contribution in [-0.4, -0.2) is 5.11 Å².